The van der Waals surface area contributed by atoms with E-state index in [2.05, 4.69) is 0 Å². The molecular weight excluding hydrogens is 137 g/mol. The molecule has 0 aliphatic carbocycles. The van der Waals surface area contributed by atoms with Gasteiger partial charge < -0.3 is 0 Å². The van der Waals surface area contributed by atoms with E-state index in [4.69, 9.17) is 0 Å². The molecule has 0 aromatic heterocycles. The summed E-state index contributed by atoms with van der Waals surface area (Å²) in [6.45, 7) is 0. The molecule has 0 unspecified atom stereocenters. The van der Waals surface area contributed by atoms with E-state index in [0.29, 0.717) is 0 Å². The fraction of sp³-hybridized carbons (Fsp3) is 0. The average molecular weight is 139 g/mol. The van der Waals surface area contributed by atoms with Gasteiger partial charge in [-0.2, -0.15) is 0 Å². The second-order valence-corrected chi connectivity index (χ2v) is 0. The molecule has 0 fully saturated rings. The molecular formula is H2Na2NiS. The Kier molecular flexibility index (Phi) is 123. The van der Waals surface area contributed by atoms with E-state index in [1.165, 1.54) is 0 Å². The van der Waals surface area contributed by atoms with Gasteiger partial charge in [0.25, 0.3) is 0 Å². The van der Waals surface area contributed by atoms with Crippen LogP contribution in [0.15, 0.2) is 0 Å². The fourth-order valence-corrected chi connectivity index (χ4v) is 0. The molecule has 0 atom stereocenters. The van der Waals surface area contributed by atoms with Crippen molar-refractivity contribution in [2.24, 2.45) is 0 Å². The van der Waals surface area contributed by atoms with Crippen LogP contribution in [0.3, 0.4) is 0 Å². The molecule has 0 saturated carbocycles. The van der Waals surface area contributed by atoms with Crippen molar-refractivity contribution in [1.29, 1.82) is 0 Å². The maximum atomic E-state index is 0. The van der Waals surface area contributed by atoms with E-state index in [9.17, 15) is 0 Å². The van der Waals surface area contributed by atoms with Crippen molar-refractivity contribution >= 4 is 72.6 Å². The summed E-state index contributed by atoms with van der Waals surface area (Å²) in [4.78, 5) is 0. The van der Waals surface area contributed by atoms with Crippen LogP contribution in [0.4, 0.5) is 0 Å². The summed E-state index contributed by atoms with van der Waals surface area (Å²) in [7, 11) is 0. The van der Waals surface area contributed by atoms with Gasteiger partial charge in [0.05, 0.1) is 0 Å². The van der Waals surface area contributed by atoms with Crippen LogP contribution >= 0.6 is 13.5 Å². The van der Waals surface area contributed by atoms with Gasteiger partial charge in [-0.15, -0.1) is 0 Å². The maximum Gasteiger partial charge on any atom is 0 e. The van der Waals surface area contributed by atoms with Crippen LogP contribution in [0.5, 0.6) is 0 Å². The van der Waals surface area contributed by atoms with Crippen LogP contribution in [0.1, 0.15) is 0 Å². The fourth-order valence-electron chi connectivity index (χ4n) is 0. The monoisotopic (exact) mass is 138 g/mol. The van der Waals surface area contributed by atoms with Crippen LogP contribution in [-0.4, -0.2) is 59.1 Å². The minimum atomic E-state index is 0. The predicted molar refractivity (Wildman–Crippen MR) is 21.9 cm³/mol. The Morgan fingerprint density at radius 1 is 0.750 bits per heavy atom. The van der Waals surface area contributed by atoms with Crippen molar-refractivity contribution in [3.05, 3.63) is 0 Å². The Hall–Kier alpha value is 2.84. The largest absolute Gasteiger partial charge is 0 e. The minimum absolute atomic E-state index is 0. The summed E-state index contributed by atoms with van der Waals surface area (Å²) in [6.07, 6.45) is 0. The normalized spacial score (nSPS) is 0. The Balaban J connectivity index is 0. The first-order valence-corrected chi connectivity index (χ1v) is 0. The van der Waals surface area contributed by atoms with E-state index >= 15 is 0 Å². The van der Waals surface area contributed by atoms with E-state index in [0.717, 1.165) is 0 Å². The Bertz CT molecular complexity index is 6.00. The second kappa shape index (κ2) is 17.0. The molecule has 0 spiro atoms. The summed E-state index contributed by atoms with van der Waals surface area (Å²) in [5.41, 5.74) is 0. The third kappa shape index (κ3) is 8.85. The molecule has 0 aromatic carbocycles. The number of rotatable bonds is 0. The average Bonchev–Trinajstić information content (AvgIpc) is 0. The van der Waals surface area contributed by atoms with Crippen molar-refractivity contribution < 1.29 is 16.5 Å². The summed E-state index contributed by atoms with van der Waals surface area (Å²) in [5, 5.41) is 0. The summed E-state index contributed by atoms with van der Waals surface area (Å²) >= 11 is 0. The smallest absolute Gasteiger partial charge is 0 e. The molecule has 4 heavy (non-hydrogen) atoms. The summed E-state index contributed by atoms with van der Waals surface area (Å²) in [5.74, 6) is 0. The van der Waals surface area contributed by atoms with Crippen molar-refractivity contribution in [3.63, 3.8) is 0 Å². The van der Waals surface area contributed by atoms with Crippen LogP contribution < -0.4 is 0 Å². The van der Waals surface area contributed by atoms with E-state index in [1.54, 1.807) is 0 Å². The number of hydrogen-bond acceptors (Lipinski definition) is 0. The van der Waals surface area contributed by atoms with Gasteiger partial charge in [-0.3, -0.25) is 0 Å². The Morgan fingerprint density at radius 3 is 0.750 bits per heavy atom. The third-order valence-corrected chi connectivity index (χ3v) is 0. The van der Waals surface area contributed by atoms with Gasteiger partial charge in [0.15, 0.2) is 0 Å². The molecule has 0 aliphatic rings. The first kappa shape index (κ1) is 28.9. The molecule has 0 N–H and O–H groups in total. The van der Waals surface area contributed by atoms with Crippen molar-refractivity contribution in [1.82, 2.24) is 0 Å². The van der Waals surface area contributed by atoms with Crippen molar-refractivity contribution in [2.45, 2.75) is 0 Å². The first-order valence-electron chi connectivity index (χ1n) is 0. The standard InChI is InChI=1S/2Na.Ni.S.2H. The van der Waals surface area contributed by atoms with Gasteiger partial charge in [0.2, 0.25) is 0 Å². The van der Waals surface area contributed by atoms with E-state index < -0.39 is 0 Å². The molecule has 0 aromatic rings. The predicted octanol–water partition coefficient (Wildman–Crippen LogP) is -0.651. The van der Waals surface area contributed by atoms with Gasteiger partial charge in [-0.25, -0.2) is 0 Å². The van der Waals surface area contributed by atoms with E-state index in [1.807, 2.05) is 0 Å². The number of hydrogen-bond donors (Lipinski definition) is 0. The van der Waals surface area contributed by atoms with Gasteiger partial charge in [-0.05, 0) is 0 Å². The summed E-state index contributed by atoms with van der Waals surface area (Å²) in [6, 6.07) is 0. The van der Waals surface area contributed by atoms with Gasteiger partial charge in [0, 0.05) is 30.0 Å². The molecule has 0 aliphatic heterocycles. The molecule has 0 bridgehead atoms. The van der Waals surface area contributed by atoms with Crippen molar-refractivity contribution in [2.75, 3.05) is 0 Å². The Labute approximate surface area is 87.4 Å². The molecule has 0 nitrogen and oxygen atoms in total. The molecule has 2 radical (unpaired) electrons. The van der Waals surface area contributed by atoms with Crippen LogP contribution in [0.25, 0.3) is 0 Å². The molecule has 20 valence electrons. The molecule has 0 saturated heterocycles. The van der Waals surface area contributed by atoms with Crippen LogP contribution in [0, 0.1) is 0 Å². The molecule has 0 heterocycles. The Morgan fingerprint density at radius 2 is 0.750 bits per heavy atom. The zero-order valence-electron chi connectivity index (χ0n) is 0.724. The van der Waals surface area contributed by atoms with Crippen LogP contribution in [-0.2, 0) is 16.5 Å². The molecule has 4 heteroatoms. The van der Waals surface area contributed by atoms with Gasteiger partial charge in [0.1, 0.15) is 0 Å². The van der Waals surface area contributed by atoms with Gasteiger partial charge in [-0.1, -0.05) is 0 Å². The third-order valence-electron chi connectivity index (χ3n) is 0. The zero-order chi connectivity index (χ0) is 0. The topological polar surface area (TPSA) is 0 Å². The molecule has 0 amide bonds. The first-order chi connectivity index (χ1) is 0. The molecule has 0 rings (SSSR count). The quantitative estimate of drug-likeness (QED) is 0.391. The maximum absolute atomic E-state index is 0. The minimum Gasteiger partial charge on any atom is 0 e. The second-order valence-electron chi connectivity index (χ2n) is 0. The zero-order valence-corrected chi connectivity index (χ0v) is 2.53. The van der Waals surface area contributed by atoms with E-state index in [-0.39, 0.29) is 89.1 Å². The van der Waals surface area contributed by atoms with Gasteiger partial charge >= 0.3 is 59.1 Å². The summed E-state index contributed by atoms with van der Waals surface area (Å²) < 4.78 is 0. The SMILES string of the molecule is [NaH].[NaH].[Ni].[S]. The van der Waals surface area contributed by atoms with Crippen LogP contribution in [0.2, 0.25) is 0 Å². The van der Waals surface area contributed by atoms with Crippen molar-refractivity contribution in [3.8, 4) is 0 Å².